The molecule has 1 saturated heterocycles. The third kappa shape index (κ3) is 3.25. The van der Waals surface area contributed by atoms with Gasteiger partial charge in [0.15, 0.2) is 0 Å². The van der Waals surface area contributed by atoms with E-state index in [2.05, 4.69) is 19.2 Å². The minimum Gasteiger partial charge on any atom is -0.372 e. The number of nitrogens with one attached hydrogen (secondary N) is 1. The zero-order valence-corrected chi connectivity index (χ0v) is 9.51. The van der Waals surface area contributed by atoms with Crippen molar-refractivity contribution in [3.8, 4) is 0 Å². The Morgan fingerprint density at radius 3 is 2.64 bits per heavy atom. The summed E-state index contributed by atoms with van der Waals surface area (Å²) in [4.78, 5) is 0. The molecule has 2 rings (SSSR count). The van der Waals surface area contributed by atoms with Gasteiger partial charge in [-0.2, -0.15) is 0 Å². The van der Waals surface area contributed by atoms with Gasteiger partial charge in [0.25, 0.3) is 0 Å². The summed E-state index contributed by atoms with van der Waals surface area (Å²) in [7, 11) is 0. The van der Waals surface area contributed by atoms with E-state index in [1.807, 2.05) is 0 Å². The third-order valence-corrected chi connectivity index (χ3v) is 3.27. The maximum absolute atomic E-state index is 5.94. The van der Waals surface area contributed by atoms with Crippen LogP contribution in [0.4, 0.5) is 0 Å². The van der Waals surface area contributed by atoms with E-state index >= 15 is 0 Å². The van der Waals surface area contributed by atoms with Gasteiger partial charge < -0.3 is 10.1 Å². The lowest BCUT2D eigenvalue weighted by molar-refractivity contribution is -0.0188. The molecule has 0 bridgehead atoms. The Hall–Kier alpha value is -0.0800. The van der Waals surface area contributed by atoms with Crippen LogP contribution in [0.5, 0.6) is 0 Å². The molecule has 0 aromatic rings. The van der Waals surface area contributed by atoms with E-state index < -0.39 is 0 Å². The number of rotatable bonds is 5. The van der Waals surface area contributed by atoms with E-state index in [0.29, 0.717) is 6.10 Å². The summed E-state index contributed by atoms with van der Waals surface area (Å²) in [6.45, 7) is 5.59. The fourth-order valence-electron chi connectivity index (χ4n) is 2.20. The van der Waals surface area contributed by atoms with Gasteiger partial charge in [-0.3, -0.25) is 0 Å². The fraction of sp³-hybridized carbons (Fsp3) is 1.00. The Bertz CT molecular complexity index is 187. The molecule has 1 unspecified atom stereocenters. The molecule has 82 valence electrons. The lowest BCUT2D eigenvalue weighted by atomic mass is 10.0. The van der Waals surface area contributed by atoms with E-state index in [1.165, 1.54) is 45.1 Å². The molecule has 0 radical (unpaired) electrons. The van der Waals surface area contributed by atoms with Gasteiger partial charge in [0.1, 0.15) is 0 Å². The maximum Gasteiger partial charge on any atom is 0.0631 e. The van der Waals surface area contributed by atoms with Gasteiger partial charge in [0, 0.05) is 6.04 Å². The molecule has 0 spiro atoms. The van der Waals surface area contributed by atoms with Crippen molar-refractivity contribution in [3.05, 3.63) is 0 Å². The number of hydrogen-bond donors (Lipinski definition) is 1. The van der Waals surface area contributed by atoms with Crippen LogP contribution in [0.15, 0.2) is 0 Å². The van der Waals surface area contributed by atoms with Crippen LogP contribution in [0.25, 0.3) is 0 Å². The molecule has 2 nitrogen and oxygen atoms in total. The van der Waals surface area contributed by atoms with Crippen molar-refractivity contribution >= 4 is 0 Å². The Morgan fingerprint density at radius 2 is 2.07 bits per heavy atom. The zero-order chi connectivity index (χ0) is 10.0. The van der Waals surface area contributed by atoms with Crippen molar-refractivity contribution in [2.75, 3.05) is 6.54 Å². The van der Waals surface area contributed by atoms with Crippen molar-refractivity contribution in [2.45, 2.75) is 70.1 Å². The highest BCUT2D eigenvalue weighted by atomic mass is 16.5. The average Bonchev–Trinajstić information content (AvgIpc) is 2.86. The van der Waals surface area contributed by atoms with Crippen molar-refractivity contribution in [1.29, 1.82) is 0 Å². The van der Waals surface area contributed by atoms with Crippen LogP contribution in [-0.4, -0.2) is 24.3 Å². The van der Waals surface area contributed by atoms with E-state index in [-0.39, 0.29) is 5.60 Å². The van der Waals surface area contributed by atoms with Gasteiger partial charge in [-0.1, -0.05) is 0 Å². The second-order valence-corrected chi connectivity index (χ2v) is 5.41. The van der Waals surface area contributed by atoms with Crippen LogP contribution < -0.4 is 5.32 Å². The highest BCUT2D eigenvalue weighted by molar-refractivity contribution is 4.82. The Balaban J connectivity index is 1.52. The lowest BCUT2D eigenvalue weighted by Gasteiger charge is -2.19. The van der Waals surface area contributed by atoms with Gasteiger partial charge in [0.2, 0.25) is 0 Å². The molecule has 2 heteroatoms. The van der Waals surface area contributed by atoms with Gasteiger partial charge in [-0.05, 0) is 58.9 Å². The highest BCUT2D eigenvalue weighted by Gasteiger charge is 2.31. The van der Waals surface area contributed by atoms with Crippen molar-refractivity contribution in [2.24, 2.45) is 0 Å². The first-order chi connectivity index (χ1) is 6.66. The lowest BCUT2D eigenvalue weighted by Crippen LogP contribution is -2.22. The average molecular weight is 197 g/mol. The molecule has 0 aromatic heterocycles. The highest BCUT2D eigenvalue weighted by Crippen LogP contribution is 2.31. The van der Waals surface area contributed by atoms with E-state index in [9.17, 15) is 0 Å². The Labute approximate surface area is 87.4 Å². The van der Waals surface area contributed by atoms with Gasteiger partial charge in [-0.25, -0.2) is 0 Å². The first-order valence-electron chi connectivity index (χ1n) is 6.07. The monoisotopic (exact) mass is 197 g/mol. The summed E-state index contributed by atoms with van der Waals surface area (Å²) < 4.78 is 5.94. The van der Waals surface area contributed by atoms with Gasteiger partial charge in [0.05, 0.1) is 11.7 Å². The molecule has 0 aromatic carbocycles. The second-order valence-electron chi connectivity index (χ2n) is 5.41. The third-order valence-electron chi connectivity index (χ3n) is 3.27. The Kier molecular flexibility index (Phi) is 3.13. The predicted octanol–water partition coefficient (Wildman–Crippen LogP) is 2.48. The summed E-state index contributed by atoms with van der Waals surface area (Å²) >= 11 is 0. The summed E-state index contributed by atoms with van der Waals surface area (Å²) in [5, 5.41) is 3.55. The standard InChI is InChI=1S/C12H23NO/c1-12(2)8-7-11(14-12)4-3-9-13-10-5-6-10/h10-11,13H,3-9H2,1-2H3. The minimum absolute atomic E-state index is 0.147. The Morgan fingerprint density at radius 1 is 1.29 bits per heavy atom. The van der Waals surface area contributed by atoms with Crippen LogP contribution in [-0.2, 0) is 4.74 Å². The second kappa shape index (κ2) is 4.19. The summed E-state index contributed by atoms with van der Waals surface area (Å²) in [5.74, 6) is 0. The van der Waals surface area contributed by atoms with Gasteiger partial charge in [-0.15, -0.1) is 0 Å². The van der Waals surface area contributed by atoms with Crippen LogP contribution in [0.2, 0.25) is 0 Å². The predicted molar refractivity (Wildman–Crippen MR) is 58.4 cm³/mol. The molecule has 2 aliphatic rings. The topological polar surface area (TPSA) is 21.3 Å². The summed E-state index contributed by atoms with van der Waals surface area (Å²) in [5.41, 5.74) is 0.147. The smallest absolute Gasteiger partial charge is 0.0631 e. The molecule has 1 aliphatic carbocycles. The van der Waals surface area contributed by atoms with Gasteiger partial charge >= 0.3 is 0 Å². The number of hydrogen-bond acceptors (Lipinski definition) is 2. The SMILES string of the molecule is CC1(C)CCC(CCCNC2CC2)O1. The minimum atomic E-state index is 0.147. The molecule has 1 heterocycles. The zero-order valence-electron chi connectivity index (χ0n) is 9.51. The largest absolute Gasteiger partial charge is 0.372 e. The first-order valence-corrected chi connectivity index (χ1v) is 6.07. The van der Waals surface area contributed by atoms with Crippen LogP contribution in [0.3, 0.4) is 0 Å². The van der Waals surface area contributed by atoms with E-state index in [4.69, 9.17) is 4.74 Å². The number of ether oxygens (including phenoxy) is 1. The van der Waals surface area contributed by atoms with Crippen molar-refractivity contribution in [3.63, 3.8) is 0 Å². The van der Waals surface area contributed by atoms with E-state index in [1.54, 1.807) is 0 Å². The maximum atomic E-state index is 5.94. The van der Waals surface area contributed by atoms with Crippen LogP contribution in [0.1, 0.15) is 52.4 Å². The van der Waals surface area contributed by atoms with Crippen molar-refractivity contribution in [1.82, 2.24) is 5.32 Å². The molecule has 1 aliphatic heterocycles. The summed E-state index contributed by atoms with van der Waals surface area (Å²) in [6, 6.07) is 0.857. The molecule has 1 atom stereocenters. The van der Waals surface area contributed by atoms with Crippen LogP contribution >= 0.6 is 0 Å². The normalized spacial score (nSPS) is 30.9. The molecule has 0 amide bonds. The van der Waals surface area contributed by atoms with E-state index in [0.717, 1.165) is 6.04 Å². The molecule has 2 fully saturated rings. The molecule has 14 heavy (non-hydrogen) atoms. The summed E-state index contributed by atoms with van der Waals surface area (Å²) in [6.07, 6.45) is 8.33. The molecular formula is C12H23NO. The first kappa shape index (κ1) is 10.4. The fourth-order valence-corrected chi connectivity index (χ4v) is 2.20. The quantitative estimate of drug-likeness (QED) is 0.684. The van der Waals surface area contributed by atoms with Crippen LogP contribution in [0, 0.1) is 0 Å². The van der Waals surface area contributed by atoms with Crippen molar-refractivity contribution < 1.29 is 4.74 Å². The molecular weight excluding hydrogens is 174 g/mol. The molecule has 1 saturated carbocycles. The molecule has 1 N–H and O–H groups in total.